The lowest BCUT2D eigenvalue weighted by atomic mass is 10.2. The lowest BCUT2D eigenvalue weighted by Crippen LogP contribution is -2.18. The molecule has 0 unspecified atom stereocenters. The molecule has 3 heteroatoms. The van der Waals surface area contributed by atoms with Crippen LogP contribution in [0.2, 0.25) is 0 Å². The van der Waals surface area contributed by atoms with Crippen molar-refractivity contribution in [3.05, 3.63) is 0 Å². The molecule has 56 valence electrons. The highest BCUT2D eigenvalue weighted by Gasteiger charge is 1.93. The number of aliphatic hydroxyl groups excluding tert-OH is 1. The van der Waals surface area contributed by atoms with Crippen LogP contribution >= 0.6 is 0 Å². The third-order valence-corrected chi connectivity index (χ3v) is 1.20. The number of unbranched alkanes of at least 4 members (excludes halogenated alkanes) is 2. The van der Waals surface area contributed by atoms with Crippen molar-refractivity contribution in [2.75, 3.05) is 6.54 Å². The monoisotopic (exact) mass is 132 g/mol. The van der Waals surface area contributed by atoms with E-state index in [4.69, 9.17) is 16.6 Å². The normalized spacial score (nSPS) is 13.7. The molecular weight excluding hydrogens is 116 g/mol. The molecule has 0 aliphatic carbocycles. The molecule has 0 bridgehead atoms. The topological polar surface area (TPSA) is 72.3 Å². The van der Waals surface area contributed by atoms with Gasteiger partial charge in [-0.05, 0) is 25.8 Å². The van der Waals surface area contributed by atoms with E-state index in [1.807, 2.05) is 0 Å². The van der Waals surface area contributed by atoms with Crippen molar-refractivity contribution < 1.29 is 5.11 Å². The molecule has 0 fully saturated rings. The van der Waals surface area contributed by atoms with E-state index in [0.717, 1.165) is 25.8 Å². The van der Waals surface area contributed by atoms with Crippen LogP contribution in [0, 0.1) is 0 Å². The maximum Gasteiger partial charge on any atom is 0.102 e. The number of hydrogen-bond acceptors (Lipinski definition) is 3. The Morgan fingerprint density at radius 1 is 1.22 bits per heavy atom. The van der Waals surface area contributed by atoms with Crippen LogP contribution < -0.4 is 11.5 Å². The minimum Gasteiger partial charge on any atom is -0.379 e. The van der Waals surface area contributed by atoms with Gasteiger partial charge in [0.05, 0.1) is 0 Å². The standard InChI is InChI=1S/C6H16N2O/c7-5-3-1-2-4-6(8)9/h6,9H,1-5,7-8H2/t6-/m0/s1. The van der Waals surface area contributed by atoms with E-state index in [0.29, 0.717) is 6.42 Å². The first kappa shape index (κ1) is 8.88. The lowest BCUT2D eigenvalue weighted by molar-refractivity contribution is 0.168. The summed E-state index contributed by atoms with van der Waals surface area (Å²) in [7, 11) is 0. The highest BCUT2D eigenvalue weighted by atomic mass is 16.3. The number of rotatable bonds is 5. The van der Waals surface area contributed by atoms with Crippen LogP contribution in [0.1, 0.15) is 25.7 Å². The predicted octanol–water partition coefficient (Wildman–Crippen LogP) is -0.217. The number of nitrogens with two attached hydrogens (primary N) is 2. The van der Waals surface area contributed by atoms with Gasteiger partial charge in [-0.15, -0.1) is 0 Å². The molecule has 0 amide bonds. The molecule has 0 aromatic rings. The molecule has 1 atom stereocenters. The Morgan fingerprint density at radius 3 is 2.33 bits per heavy atom. The van der Waals surface area contributed by atoms with Crippen molar-refractivity contribution in [1.29, 1.82) is 0 Å². The second-order valence-corrected chi connectivity index (χ2v) is 2.21. The van der Waals surface area contributed by atoms with E-state index in [2.05, 4.69) is 0 Å². The zero-order valence-electron chi connectivity index (χ0n) is 5.71. The number of aliphatic hydroxyl groups is 1. The van der Waals surface area contributed by atoms with Gasteiger partial charge in [-0.25, -0.2) is 0 Å². The molecule has 9 heavy (non-hydrogen) atoms. The van der Waals surface area contributed by atoms with Gasteiger partial charge in [-0.1, -0.05) is 6.42 Å². The first-order valence-corrected chi connectivity index (χ1v) is 3.41. The Kier molecular flexibility index (Phi) is 5.93. The quantitative estimate of drug-likeness (QED) is 0.358. The molecule has 3 nitrogen and oxygen atoms in total. The van der Waals surface area contributed by atoms with E-state index in [-0.39, 0.29) is 0 Å². The average Bonchev–Trinajstić information content (AvgIpc) is 1.80. The predicted molar refractivity (Wildman–Crippen MR) is 37.7 cm³/mol. The summed E-state index contributed by atoms with van der Waals surface area (Å²) in [6.07, 6.45) is 3.15. The molecule has 5 N–H and O–H groups in total. The van der Waals surface area contributed by atoms with E-state index >= 15 is 0 Å². The Hall–Kier alpha value is -0.120. The summed E-state index contributed by atoms with van der Waals surface area (Å²) in [5.74, 6) is 0. The lowest BCUT2D eigenvalue weighted by Gasteiger charge is -2.01. The summed E-state index contributed by atoms with van der Waals surface area (Å²) in [4.78, 5) is 0. The Balaban J connectivity index is 2.75. The highest BCUT2D eigenvalue weighted by molar-refractivity contribution is 4.47. The van der Waals surface area contributed by atoms with Crippen LogP contribution in [0.15, 0.2) is 0 Å². The van der Waals surface area contributed by atoms with Crippen molar-refractivity contribution >= 4 is 0 Å². The fourth-order valence-corrected chi connectivity index (χ4v) is 0.675. The average molecular weight is 132 g/mol. The molecule has 0 aromatic heterocycles. The van der Waals surface area contributed by atoms with Gasteiger partial charge >= 0.3 is 0 Å². The summed E-state index contributed by atoms with van der Waals surface area (Å²) in [6, 6.07) is 0. The van der Waals surface area contributed by atoms with Crippen LogP contribution in [0.4, 0.5) is 0 Å². The van der Waals surface area contributed by atoms with Gasteiger partial charge in [-0.3, -0.25) is 0 Å². The molecule has 0 aromatic carbocycles. The van der Waals surface area contributed by atoms with Crippen LogP contribution in [0.5, 0.6) is 0 Å². The van der Waals surface area contributed by atoms with Crippen LogP contribution in [0.3, 0.4) is 0 Å². The van der Waals surface area contributed by atoms with Crippen LogP contribution in [0.25, 0.3) is 0 Å². The first-order valence-electron chi connectivity index (χ1n) is 3.41. The smallest absolute Gasteiger partial charge is 0.102 e. The second kappa shape index (κ2) is 6.01. The Morgan fingerprint density at radius 2 is 1.89 bits per heavy atom. The Bertz CT molecular complexity index is 57.0. The highest BCUT2D eigenvalue weighted by Crippen LogP contribution is 1.98. The van der Waals surface area contributed by atoms with Crippen molar-refractivity contribution in [1.82, 2.24) is 0 Å². The van der Waals surface area contributed by atoms with Gasteiger partial charge in [0.1, 0.15) is 6.23 Å². The third kappa shape index (κ3) is 7.88. The van der Waals surface area contributed by atoms with Crippen molar-refractivity contribution in [2.45, 2.75) is 31.9 Å². The third-order valence-electron chi connectivity index (χ3n) is 1.20. The molecular formula is C6H16N2O. The van der Waals surface area contributed by atoms with Gasteiger partial charge in [0.15, 0.2) is 0 Å². The summed E-state index contributed by atoms with van der Waals surface area (Å²) in [5, 5.41) is 8.60. The zero-order chi connectivity index (χ0) is 7.11. The van der Waals surface area contributed by atoms with Gasteiger partial charge in [0, 0.05) is 0 Å². The summed E-state index contributed by atoms with van der Waals surface area (Å²) < 4.78 is 0. The van der Waals surface area contributed by atoms with Crippen LogP contribution in [-0.2, 0) is 0 Å². The van der Waals surface area contributed by atoms with Gasteiger partial charge in [0.25, 0.3) is 0 Å². The van der Waals surface area contributed by atoms with Crippen molar-refractivity contribution in [2.24, 2.45) is 11.5 Å². The largest absolute Gasteiger partial charge is 0.379 e. The molecule has 0 aliphatic heterocycles. The minimum atomic E-state index is -0.636. The number of hydrogen-bond donors (Lipinski definition) is 3. The SMILES string of the molecule is NCCCCC[C@@H](N)O. The zero-order valence-corrected chi connectivity index (χ0v) is 5.71. The van der Waals surface area contributed by atoms with E-state index in [1.165, 1.54) is 0 Å². The molecule has 0 rings (SSSR count). The minimum absolute atomic E-state index is 0.636. The van der Waals surface area contributed by atoms with E-state index in [1.54, 1.807) is 0 Å². The summed E-state index contributed by atoms with van der Waals surface area (Å²) >= 11 is 0. The van der Waals surface area contributed by atoms with E-state index in [9.17, 15) is 0 Å². The molecule has 0 saturated heterocycles. The van der Waals surface area contributed by atoms with Crippen molar-refractivity contribution in [3.8, 4) is 0 Å². The van der Waals surface area contributed by atoms with E-state index < -0.39 is 6.23 Å². The second-order valence-electron chi connectivity index (χ2n) is 2.21. The summed E-state index contributed by atoms with van der Waals surface area (Å²) in [5.41, 5.74) is 10.4. The molecule has 0 saturated carbocycles. The van der Waals surface area contributed by atoms with Gasteiger partial charge < -0.3 is 16.6 Å². The Labute approximate surface area is 56.0 Å². The molecule has 0 heterocycles. The fourth-order valence-electron chi connectivity index (χ4n) is 0.675. The fraction of sp³-hybridized carbons (Fsp3) is 1.00. The first-order chi connectivity index (χ1) is 4.27. The molecule has 0 spiro atoms. The maximum absolute atomic E-state index is 8.60. The molecule has 0 radical (unpaired) electrons. The maximum atomic E-state index is 8.60. The van der Waals surface area contributed by atoms with Gasteiger partial charge in [0.2, 0.25) is 0 Å². The van der Waals surface area contributed by atoms with Crippen LogP contribution in [-0.4, -0.2) is 17.9 Å². The summed E-state index contributed by atoms with van der Waals surface area (Å²) in [6.45, 7) is 0.737. The van der Waals surface area contributed by atoms with Gasteiger partial charge in [-0.2, -0.15) is 0 Å². The molecule has 0 aliphatic rings. The van der Waals surface area contributed by atoms with Crippen molar-refractivity contribution in [3.63, 3.8) is 0 Å².